The molecule has 0 saturated carbocycles. The van der Waals surface area contributed by atoms with Crippen LogP contribution in [0.25, 0.3) is 22.3 Å². The molecule has 0 aliphatic rings. The average Bonchev–Trinajstić information content (AvgIpc) is 3.09. The summed E-state index contributed by atoms with van der Waals surface area (Å²) < 4.78 is 22.6. The number of phenols is 1. The quantitative estimate of drug-likeness (QED) is 0.0751. The van der Waals surface area contributed by atoms with Crippen LogP contribution in [0.2, 0.25) is 0 Å². The largest absolute Gasteiger partial charge is 0.508 e. The maximum atomic E-state index is 13.4. The molecule has 47 heavy (non-hydrogen) atoms. The Hall–Kier alpha value is -5.08. The van der Waals surface area contributed by atoms with Crippen LogP contribution in [0.3, 0.4) is 0 Å². The third-order valence-electron chi connectivity index (χ3n) is 8.54. The van der Waals surface area contributed by atoms with E-state index in [0.29, 0.717) is 12.0 Å². The van der Waals surface area contributed by atoms with Crippen LogP contribution in [0.5, 0.6) is 23.0 Å². The van der Waals surface area contributed by atoms with Gasteiger partial charge in [-0.25, -0.2) is 0 Å². The molecule has 0 radical (unpaired) electrons. The number of phenolic OH excluding ortho intramolecular Hbond substituents is 1. The van der Waals surface area contributed by atoms with Crippen molar-refractivity contribution in [3.05, 3.63) is 118 Å². The summed E-state index contributed by atoms with van der Waals surface area (Å²) in [6, 6.07) is 28.6. The first-order valence-corrected chi connectivity index (χ1v) is 15.8. The molecule has 4 aromatic carbocycles. The minimum atomic E-state index is -0.609. The van der Waals surface area contributed by atoms with Crippen molar-refractivity contribution >= 4 is 16.9 Å². The van der Waals surface area contributed by atoms with Crippen molar-refractivity contribution in [1.82, 2.24) is 0 Å². The SMILES string of the molecule is CCC(CC(CC(C)C(=O)Oc1ccc2oc(-c3ccccc3)c(O)c(=O)c2c1)c1ccc(O)cc1)c1ccc(OC(C)OC)cc1. The van der Waals surface area contributed by atoms with E-state index in [-0.39, 0.29) is 46.4 Å². The Morgan fingerprint density at radius 3 is 2.11 bits per heavy atom. The van der Waals surface area contributed by atoms with Gasteiger partial charge in [-0.2, -0.15) is 0 Å². The molecule has 0 aliphatic carbocycles. The topological polar surface area (TPSA) is 115 Å². The summed E-state index contributed by atoms with van der Waals surface area (Å²) >= 11 is 0. The minimum Gasteiger partial charge on any atom is -0.508 e. The summed E-state index contributed by atoms with van der Waals surface area (Å²) in [4.78, 5) is 26.5. The number of ether oxygens (including phenoxy) is 3. The summed E-state index contributed by atoms with van der Waals surface area (Å²) in [6.45, 7) is 5.80. The van der Waals surface area contributed by atoms with Crippen LogP contribution < -0.4 is 14.9 Å². The van der Waals surface area contributed by atoms with Crippen molar-refractivity contribution in [3.8, 4) is 34.3 Å². The van der Waals surface area contributed by atoms with Crippen molar-refractivity contribution in [3.63, 3.8) is 0 Å². The lowest BCUT2D eigenvalue weighted by Crippen LogP contribution is -2.21. The fourth-order valence-corrected chi connectivity index (χ4v) is 5.81. The van der Waals surface area contributed by atoms with Crippen molar-refractivity contribution in [1.29, 1.82) is 0 Å². The number of benzene rings is 4. The van der Waals surface area contributed by atoms with E-state index in [1.54, 1.807) is 55.6 Å². The number of carbonyl (C=O) groups excluding carboxylic acids is 1. The average molecular weight is 637 g/mol. The van der Waals surface area contributed by atoms with E-state index in [1.807, 2.05) is 44.2 Å². The first kappa shape index (κ1) is 33.3. The Labute approximate surface area is 274 Å². The first-order chi connectivity index (χ1) is 22.7. The number of methoxy groups -OCH3 is 1. The van der Waals surface area contributed by atoms with E-state index in [0.717, 1.165) is 29.7 Å². The summed E-state index contributed by atoms with van der Waals surface area (Å²) in [7, 11) is 1.60. The molecular weight excluding hydrogens is 596 g/mol. The van der Waals surface area contributed by atoms with Crippen LogP contribution in [0.15, 0.2) is 106 Å². The lowest BCUT2D eigenvalue weighted by Gasteiger charge is -2.26. The van der Waals surface area contributed by atoms with Gasteiger partial charge in [0, 0.05) is 12.7 Å². The van der Waals surface area contributed by atoms with Gasteiger partial charge in [-0.15, -0.1) is 0 Å². The predicted octanol–water partition coefficient (Wildman–Crippen LogP) is 8.54. The number of esters is 1. The van der Waals surface area contributed by atoms with Gasteiger partial charge in [0.1, 0.15) is 22.8 Å². The Kier molecular flexibility index (Phi) is 10.6. The number of hydrogen-bond donors (Lipinski definition) is 2. The van der Waals surface area contributed by atoms with Crippen LogP contribution in [0, 0.1) is 5.92 Å². The molecule has 0 aliphatic heterocycles. The van der Waals surface area contributed by atoms with Crippen molar-refractivity contribution < 1.29 is 33.6 Å². The van der Waals surface area contributed by atoms with Crippen molar-refractivity contribution in [2.24, 2.45) is 5.92 Å². The first-order valence-electron chi connectivity index (χ1n) is 15.8. The highest BCUT2D eigenvalue weighted by molar-refractivity contribution is 5.84. The molecule has 5 aromatic rings. The van der Waals surface area contributed by atoms with E-state index >= 15 is 0 Å². The molecule has 8 nitrogen and oxygen atoms in total. The van der Waals surface area contributed by atoms with Gasteiger partial charge >= 0.3 is 5.97 Å². The van der Waals surface area contributed by atoms with Crippen LogP contribution >= 0.6 is 0 Å². The second-order valence-electron chi connectivity index (χ2n) is 11.8. The number of hydrogen-bond acceptors (Lipinski definition) is 8. The van der Waals surface area contributed by atoms with Crippen LogP contribution in [0.4, 0.5) is 0 Å². The Balaban J connectivity index is 1.33. The van der Waals surface area contributed by atoms with E-state index in [1.165, 1.54) is 6.07 Å². The van der Waals surface area contributed by atoms with Gasteiger partial charge in [0.2, 0.25) is 11.2 Å². The molecule has 0 saturated heterocycles. The molecule has 244 valence electrons. The van der Waals surface area contributed by atoms with Gasteiger partial charge in [0.25, 0.3) is 0 Å². The number of fused-ring (bicyclic) bond motifs is 1. The second kappa shape index (κ2) is 15.0. The molecule has 8 heteroatoms. The van der Waals surface area contributed by atoms with Gasteiger partial charge < -0.3 is 28.8 Å². The molecule has 0 fully saturated rings. The van der Waals surface area contributed by atoms with Gasteiger partial charge in [-0.3, -0.25) is 9.59 Å². The van der Waals surface area contributed by atoms with Crippen LogP contribution in [-0.2, 0) is 9.53 Å². The second-order valence-corrected chi connectivity index (χ2v) is 11.8. The van der Waals surface area contributed by atoms with E-state index in [4.69, 9.17) is 18.6 Å². The van der Waals surface area contributed by atoms with Gasteiger partial charge in [-0.05, 0) is 91.6 Å². The fraction of sp³-hybridized carbons (Fsp3) is 0.282. The Morgan fingerprint density at radius 2 is 1.45 bits per heavy atom. The lowest BCUT2D eigenvalue weighted by atomic mass is 9.79. The summed E-state index contributed by atoms with van der Waals surface area (Å²) in [5, 5.41) is 20.7. The van der Waals surface area contributed by atoms with E-state index in [2.05, 4.69) is 19.1 Å². The fourth-order valence-electron chi connectivity index (χ4n) is 5.81. The maximum Gasteiger partial charge on any atom is 0.314 e. The molecule has 4 unspecified atom stereocenters. The standard InChI is InChI=1S/C39H40O8/c1-5-26(27-13-17-32(18-14-27)45-25(3)44-4)22-30(28-11-15-31(40)16-12-28)21-24(2)39(43)46-33-19-20-35-34(23-33)36(41)37(42)38(47-35)29-9-7-6-8-10-29/h6-20,23-26,30,40,42H,5,21-22H2,1-4H3. The molecule has 0 spiro atoms. The van der Waals surface area contributed by atoms with Gasteiger partial charge in [0.05, 0.1) is 11.3 Å². The van der Waals surface area contributed by atoms with Gasteiger partial charge in [-0.1, -0.05) is 68.4 Å². The number of carbonyl (C=O) groups is 1. The molecule has 2 N–H and O–H groups in total. The monoisotopic (exact) mass is 636 g/mol. The van der Waals surface area contributed by atoms with E-state index in [9.17, 15) is 19.8 Å². The number of rotatable bonds is 13. The van der Waals surface area contributed by atoms with Crippen molar-refractivity contribution in [2.75, 3.05) is 7.11 Å². The molecule has 4 atom stereocenters. The zero-order valence-corrected chi connectivity index (χ0v) is 27.0. The molecule has 0 bridgehead atoms. The smallest absolute Gasteiger partial charge is 0.314 e. The highest BCUT2D eigenvalue weighted by Crippen LogP contribution is 2.38. The molecule has 1 heterocycles. The normalized spacial score (nSPS) is 13.9. The molecular formula is C39H40O8. The Morgan fingerprint density at radius 1 is 0.809 bits per heavy atom. The number of aromatic hydroxyl groups is 2. The minimum absolute atomic E-state index is 0.00968. The van der Waals surface area contributed by atoms with Crippen molar-refractivity contribution in [2.45, 2.75) is 58.2 Å². The Bertz CT molecular complexity index is 1850. The lowest BCUT2D eigenvalue weighted by molar-refractivity contribution is -0.138. The van der Waals surface area contributed by atoms with Crippen LogP contribution in [0.1, 0.15) is 63.0 Å². The molecule has 1 aromatic heterocycles. The molecule has 0 amide bonds. The third kappa shape index (κ3) is 8.02. The zero-order valence-electron chi connectivity index (χ0n) is 27.0. The predicted molar refractivity (Wildman–Crippen MR) is 181 cm³/mol. The summed E-state index contributed by atoms with van der Waals surface area (Å²) in [5.74, 6) is -0.0669. The summed E-state index contributed by atoms with van der Waals surface area (Å²) in [5.41, 5.74) is 2.41. The maximum absolute atomic E-state index is 13.4. The summed E-state index contributed by atoms with van der Waals surface area (Å²) in [6.07, 6.45) is 1.81. The highest BCUT2D eigenvalue weighted by atomic mass is 16.7. The molecule has 5 rings (SSSR count). The zero-order chi connectivity index (χ0) is 33.5. The van der Waals surface area contributed by atoms with E-state index < -0.39 is 23.1 Å². The van der Waals surface area contributed by atoms with Gasteiger partial charge in [0.15, 0.2) is 12.1 Å². The third-order valence-corrected chi connectivity index (χ3v) is 8.54. The van der Waals surface area contributed by atoms with Crippen LogP contribution in [-0.4, -0.2) is 29.6 Å². The highest BCUT2D eigenvalue weighted by Gasteiger charge is 2.26.